The van der Waals surface area contributed by atoms with Gasteiger partial charge in [0.25, 0.3) is 0 Å². The second-order valence-corrected chi connectivity index (χ2v) is 5.60. The highest BCUT2D eigenvalue weighted by Crippen LogP contribution is 2.22. The number of aliphatic hydroxyl groups excluding tert-OH is 1. The SMILES string of the molecule is CCn1nc(C)c(C(C)NCC(O)c2ccc(F)cc2)c1C. The van der Waals surface area contributed by atoms with Gasteiger partial charge >= 0.3 is 0 Å². The Labute approximate surface area is 131 Å². The molecule has 22 heavy (non-hydrogen) atoms. The van der Waals surface area contributed by atoms with Crippen LogP contribution in [0.4, 0.5) is 4.39 Å². The van der Waals surface area contributed by atoms with Crippen LogP contribution in [0.25, 0.3) is 0 Å². The number of benzene rings is 1. The number of nitrogens with one attached hydrogen (secondary N) is 1. The van der Waals surface area contributed by atoms with Gasteiger partial charge in [0.2, 0.25) is 0 Å². The van der Waals surface area contributed by atoms with Crippen molar-refractivity contribution in [3.8, 4) is 0 Å². The molecule has 120 valence electrons. The zero-order valence-corrected chi connectivity index (χ0v) is 13.6. The molecule has 0 bridgehead atoms. The predicted molar refractivity (Wildman–Crippen MR) is 85.2 cm³/mol. The topological polar surface area (TPSA) is 50.1 Å². The number of aryl methyl sites for hydroxylation is 2. The van der Waals surface area contributed by atoms with Gasteiger partial charge in [-0.1, -0.05) is 12.1 Å². The molecule has 0 amide bonds. The lowest BCUT2D eigenvalue weighted by molar-refractivity contribution is 0.170. The van der Waals surface area contributed by atoms with E-state index in [0.29, 0.717) is 12.1 Å². The van der Waals surface area contributed by atoms with Crippen LogP contribution in [-0.2, 0) is 6.54 Å². The molecule has 0 radical (unpaired) electrons. The fourth-order valence-corrected chi connectivity index (χ4v) is 2.84. The van der Waals surface area contributed by atoms with E-state index in [2.05, 4.69) is 31.2 Å². The molecule has 0 aliphatic carbocycles. The van der Waals surface area contributed by atoms with Crippen molar-refractivity contribution in [2.75, 3.05) is 6.54 Å². The van der Waals surface area contributed by atoms with Gasteiger partial charge in [-0.15, -0.1) is 0 Å². The van der Waals surface area contributed by atoms with Crippen LogP contribution in [0.2, 0.25) is 0 Å². The molecule has 0 saturated heterocycles. The van der Waals surface area contributed by atoms with E-state index in [1.165, 1.54) is 17.7 Å². The first-order valence-corrected chi connectivity index (χ1v) is 7.64. The van der Waals surface area contributed by atoms with Crippen LogP contribution in [0.15, 0.2) is 24.3 Å². The lowest BCUT2D eigenvalue weighted by Crippen LogP contribution is -2.25. The third-order valence-electron chi connectivity index (χ3n) is 4.04. The van der Waals surface area contributed by atoms with Gasteiger partial charge in [-0.3, -0.25) is 4.68 Å². The smallest absolute Gasteiger partial charge is 0.123 e. The first kappa shape index (κ1) is 16.6. The van der Waals surface area contributed by atoms with E-state index in [1.807, 2.05) is 11.6 Å². The molecule has 0 spiro atoms. The van der Waals surface area contributed by atoms with Gasteiger partial charge in [0.1, 0.15) is 5.82 Å². The van der Waals surface area contributed by atoms with E-state index >= 15 is 0 Å². The number of hydrogen-bond donors (Lipinski definition) is 2. The van der Waals surface area contributed by atoms with Crippen LogP contribution < -0.4 is 5.32 Å². The molecule has 2 aromatic rings. The second kappa shape index (κ2) is 7.03. The summed E-state index contributed by atoms with van der Waals surface area (Å²) in [6, 6.07) is 6.04. The lowest BCUT2D eigenvalue weighted by Gasteiger charge is -2.18. The molecular formula is C17H24FN3O. The molecule has 4 nitrogen and oxygen atoms in total. The lowest BCUT2D eigenvalue weighted by atomic mass is 10.1. The van der Waals surface area contributed by atoms with E-state index in [0.717, 1.165) is 17.9 Å². The Morgan fingerprint density at radius 2 is 1.91 bits per heavy atom. The van der Waals surface area contributed by atoms with Crippen molar-refractivity contribution < 1.29 is 9.50 Å². The summed E-state index contributed by atoms with van der Waals surface area (Å²) in [6.07, 6.45) is -0.662. The summed E-state index contributed by atoms with van der Waals surface area (Å²) in [5.74, 6) is -0.296. The quantitative estimate of drug-likeness (QED) is 0.862. The summed E-state index contributed by atoms with van der Waals surface area (Å²) in [5, 5.41) is 18.0. The van der Waals surface area contributed by atoms with Crippen LogP contribution in [0.1, 0.15) is 48.5 Å². The number of aliphatic hydroxyl groups is 1. The van der Waals surface area contributed by atoms with Gasteiger partial charge < -0.3 is 10.4 Å². The molecule has 1 aromatic carbocycles. The molecule has 0 aliphatic heterocycles. The maximum absolute atomic E-state index is 12.9. The molecule has 2 unspecified atom stereocenters. The van der Waals surface area contributed by atoms with Crippen molar-refractivity contribution in [2.24, 2.45) is 0 Å². The van der Waals surface area contributed by atoms with Crippen molar-refractivity contribution in [2.45, 2.75) is 46.4 Å². The third-order valence-corrected chi connectivity index (χ3v) is 4.04. The van der Waals surface area contributed by atoms with Gasteiger partial charge in [-0.05, 0) is 45.4 Å². The van der Waals surface area contributed by atoms with E-state index in [4.69, 9.17) is 0 Å². The van der Waals surface area contributed by atoms with E-state index in [-0.39, 0.29) is 11.9 Å². The van der Waals surface area contributed by atoms with E-state index in [9.17, 15) is 9.50 Å². The van der Waals surface area contributed by atoms with Gasteiger partial charge in [0, 0.05) is 30.4 Å². The van der Waals surface area contributed by atoms with Crippen LogP contribution in [-0.4, -0.2) is 21.4 Å². The molecule has 1 heterocycles. The highest BCUT2D eigenvalue weighted by molar-refractivity contribution is 5.28. The molecular weight excluding hydrogens is 281 g/mol. The monoisotopic (exact) mass is 305 g/mol. The molecule has 0 saturated carbocycles. The van der Waals surface area contributed by atoms with Crippen LogP contribution in [0, 0.1) is 19.7 Å². The normalized spacial score (nSPS) is 14.1. The van der Waals surface area contributed by atoms with Crippen molar-refractivity contribution >= 4 is 0 Å². The first-order valence-electron chi connectivity index (χ1n) is 7.64. The number of rotatable bonds is 6. The number of nitrogens with zero attached hydrogens (tertiary/aromatic N) is 2. The second-order valence-electron chi connectivity index (χ2n) is 5.60. The van der Waals surface area contributed by atoms with Gasteiger partial charge in [-0.2, -0.15) is 5.10 Å². The average molecular weight is 305 g/mol. The molecule has 2 N–H and O–H groups in total. The fourth-order valence-electron chi connectivity index (χ4n) is 2.84. The molecule has 0 fully saturated rings. The van der Waals surface area contributed by atoms with Crippen molar-refractivity contribution in [1.29, 1.82) is 0 Å². The van der Waals surface area contributed by atoms with Crippen molar-refractivity contribution in [3.05, 3.63) is 52.6 Å². The minimum Gasteiger partial charge on any atom is -0.387 e. The fraction of sp³-hybridized carbons (Fsp3) is 0.471. The Bertz CT molecular complexity index is 622. The summed E-state index contributed by atoms with van der Waals surface area (Å²) >= 11 is 0. The number of aromatic nitrogens is 2. The Morgan fingerprint density at radius 1 is 1.27 bits per heavy atom. The zero-order chi connectivity index (χ0) is 16.3. The maximum Gasteiger partial charge on any atom is 0.123 e. The predicted octanol–water partition coefficient (Wildman–Crippen LogP) is 3.04. The Hall–Kier alpha value is -1.72. The summed E-state index contributed by atoms with van der Waals surface area (Å²) in [4.78, 5) is 0. The summed E-state index contributed by atoms with van der Waals surface area (Å²) in [7, 11) is 0. The molecule has 2 atom stereocenters. The standard InChI is InChI=1S/C17H24FN3O/c1-5-21-13(4)17(12(3)20-21)11(2)19-10-16(22)14-6-8-15(18)9-7-14/h6-9,11,16,19,22H,5,10H2,1-4H3. The van der Waals surface area contributed by atoms with Crippen molar-refractivity contribution in [3.63, 3.8) is 0 Å². The van der Waals surface area contributed by atoms with Gasteiger partial charge in [0.15, 0.2) is 0 Å². The Morgan fingerprint density at radius 3 is 2.45 bits per heavy atom. The highest BCUT2D eigenvalue weighted by Gasteiger charge is 2.18. The minimum atomic E-state index is -0.662. The number of halogens is 1. The summed E-state index contributed by atoms with van der Waals surface area (Å²) in [6.45, 7) is 9.45. The van der Waals surface area contributed by atoms with E-state index in [1.54, 1.807) is 12.1 Å². The molecule has 5 heteroatoms. The minimum absolute atomic E-state index is 0.0930. The average Bonchev–Trinajstić information content (AvgIpc) is 2.79. The van der Waals surface area contributed by atoms with E-state index < -0.39 is 6.10 Å². The van der Waals surface area contributed by atoms with Crippen LogP contribution in [0.3, 0.4) is 0 Å². The Balaban J connectivity index is 2.02. The van der Waals surface area contributed by atoms with Crippen LogP contribution in [0.5, 0.6) is 0 Å². The third kappa shape index (κ3) is 3.54. The summed E-state index contributed by atoms with van der Waals surface area (Å²) < 4.78 is 14.9. The number of hydrogen-bond acceptors (Lipinski definition) is 3. The highest BCUT2D eigenvalue weighted by atomic mass is 19.1. The summed E-state index contributed by atoms with van der Waals surface area (Å²) in [5.41, 5.74) is 4.04. The maximum atomic E-state index is 12.9. The molecule has 1 aromatic heterocycles. The van der Waals surface area contributed by atoms with Gasteiger partial charge in [0.05, 0.1) is 11.8 Å². The van der Waals surface area contributed by atoms with Crippen molar-refractivity contribution in [1.82, 2.24) is 15.1 Å². The molecule has 2 rings (SSSR count). The zero-order valence-electron chi connectivity index (χ0n) is 13.6. The Kier molecular flexibility index (Phi) is 5.32. The van der Waals surface area contributed by atoms with Crippen LogP contribution >= 0.6 is 0 Å². The molecule has 0 aliphatic rings. The largest absolute Gasteiger partial charge is 0.387 e. The van der Waals surface area contributed by atoms with Gasteiger partial charge in [-0.25, -0.2) is 4.39 Å². The first-order chi connectivity index (χ1) is 10.4.